The zero-order valence-electron chi connectivity index (χ0n) is 18.0. The van der Waals surface area contributed by atoms with Crippen molar-refractivity contribution in [3.8, 4) is 5.75 Å². The maximum atomic E-state index is 12.7. The molecule has 0 heterocycles. The van der Waals surface area contributed by atoms with E-state index < -0.39 is 60.4 Å². The average Bonchev–Trinajstić information content (AvgIpc) is 2.76. The molecule has 4 amide bonds. The third-order valence-electron chi connectivity index (χ3n) is 4.59. The fourth-order valence-electron chi connectivity index (χ4n) is 2.66. The third kappa shape index (κ3) is 9.53. The van der Waals surface area contributed by atoms with Gasteiger partial charge in [0.1, 0.15) is 29.9 Å². The van der Waals surface area contributed by atoms with Gasteiger partial charge in [0, 0.05) is 12.8 Å². The van der Waals surface area contributed by atoms with Gasteiger partial charge < -0.3 is 42.7 Å². The van der Waals surface area contributed by atoms with Crippen LogP contribution in [0, 0.1) is 0 Å². The molecule has 33 heavy (non-hydrogen) atoms. The number of aliphatic hydroxyl groups excluding tert-OH is 1. The van der Waals surface area contributed by atoms with Crippen molar-refractivity contribution in [1.82, 2.24) is 16.0 Å². The molecule has 13 heteroatoms. The summed E-state index contributed by atoms with van der Waals surface area (Å²) in [6, 6.07) is 0.634. The molecule has 1 aromatic rings. The van der Waals surface area contributed by atoms with E-state index in [2.05, 4.69) is 16.0 Å². The number of rotatable bonds is 13. The van der Waals surface area contributed by atoms with Gasteiger partial charge in [0.2, 0.25) is 23.6 Å². The molecule has 13 nitrogen and oxygen atoms in total. The van der Waals surface area contributed by atoms with E-state index in [1.807, 2.05) is 0 Å². The number of carbonyl (C=O) groups excluding carboxylic acids is 4. The number of carboxylic acid groups (broad SMARTS) is 1. The summed E-state index contributed by atoms with van der Waals surface area (Å²) in [7, 11) is 0. The lowest BCUT2D eigenvalue weighted by molar-refractivity contribution is -0.142. The van der Waals surface area contributed by atoms with Crippen LogP contribution in [0.15, 0.2) is 24.3 Å². The van der Waals surface area contributed by atoms with E-state index in [9.17, 15) is 34.2 Å². The lowest BCUT2D eigenvalue weighted by Crippen LogP contribution is -2.57. The summed E-state index contributed by atoms with van der Waals surface area (Å²) in [6.45, 7) is 0.673. The number of phenolic OH excluding ortho intramolecular Hbond substituents is 1. The molecule has 0 fully saturated rings. The van der Waals surface area contributed by atoms with Gasteiger partial charge in [-0.15, -0.1) is 0 Å². The van der Waals surface area contributed by atoms with Crippen LogP contribution in [-0.2, 0) is 30.4 Å². The number of primary amides is 1. The van der Waals surface area contributed by atoms with Gasteiger partial charge in [-0.3, -0.25) is 19.2 Å². The largest absolute Gasteiger partial charge is 0.508 e. The van der Waals surface area contributed by atoms with Crippen LogP contribution in [0.3, 0.4) is 0 Å². The Balaban J connectivity index is 2.89. The molecule has 0 saturated heterocycles. The highest BCUT2D eigenvalue weighted by Crippen LogP contribution is 2.12. The van der Waals surface area contributed by atoms with E-state index in [0.717, 1.165) is 0 Å². The molecule has 0 saturated carbocycles. The number of amides is 4. The number of aromatic hydroxyl groups is 1. The lowest BCUT2D eigenvalue weighted by Gasteiger charge is -2.23. The van der Waals surface area contributed by atoms with Gasteiger partial charge in [0.25, 0.3) is 0 Å². The highest BCUT2D eigenvalue weighted by molar-refractivity contribution is 5.94. The third-order valence-corrected chi connectivity index (χ3v) is 4.59. The number of hydrogen-bond donors (Lipinski definition) is 8. The standard InChI is InChI=1S/C20H29N5O8/c1-10(23-18(30)13(21)9-26)17(29)24-14(6-7-16(22)28)19(31)25-15(20(32)33)8-11-2-4-12(27)5-3-11/h2-5,10,13-15,26-27H,6-9,21H2,1H3,(H2,22,28)(H,23,30)(H,24,29)(H,25,31)(H,32,33). The highest BCUT2D eigenvalue weighted by Gasteiger charge is 2.29. The van der Waals surface area contributed by atoms with Crippen molar-refractivity contribution in [3.63, 3.8) is 0 Å². The first-order valence-electron chi connectivity index (χ1n) is 10.0. The number of aliphatic hydroxyl groups is 1. The summed E-state index contributed by atoms with van der Waals surface area (Å²) in [6.07, 6.45) is -0.594. The summed E-state index contributed by atoms with van der Waals surface area (Å²) in [5, 5.41) is 34.6. The Hall–Kier alpha value is -3.71. The van der Waals surface area contributed by atoms with Crippen molar-refractivity contribution in [1.29, 1.82) is 0 Å². The van der Waals surface area contributed by atoms with Crippen LogP contribution < -0.4 is 27.4 Å². The minimum Gasteiger partial charge on any atom is -0.508 e. The second kappa shape index (κ2) is 13.0. The molecule has 0 spiro atoms. The van der Waals surface area contributed by atoms with Crippen LogP contribution in [-0.4, -0.2) is 75.7 Å². The van der Waals surface area contributed by atoms with Crippen molar-refractivity contribution in [2.75, 3.05) is 6.61 Å². The number of aliphatic carboxylic acids is 1. The lowest BCUT2D eigenvalue weighted by atomic mass is 10.0. The van der Waals surface area contributed by atoms with Gasteiger partial charge in [0.15, 0.2) is 0 Å². The Labute approximate surface area is 189 Å². The second-order valence-corrected chi connectivity index (χ2v) is 7.36. The van der Waals surface area contributed by atoms with Gasteiger partial charge in [-0.2, -0.15) is 0 Å². The topological polar surface area (TPSA) is 234 Å². The van der Waals surface area contributed by atoms with Crippen molar-refractivity contribution >= 4 is 29.6 Å². The Bertz CT molecular complexity index is 861. The summed E-state index contributed by atoms with van der Waals surface area (Å²) in [5.41, 5.74) is 11.0. The first-order chi connectivity index (χ1) is 15.4. The zero-order valence-corrected chi connectivity index (χ0v) is 18.0. The molecule has 1 aromatic carbocycles. The average molecular weight is 467 g/mol. The minimum absolute atomic E-state index is 0.00922. The predicted molar refractivity (Wildman–Crippen MR) is 114 cm³/mol. The maximum Gasteiger partial charge on any atom is 0.326 e. The fourth-order valence-corrected chi connectivity index (χ4v) is 2.66. The smallest absolute Gasteiger partial charge is 0.326 e. The van der Waals surface area contributed by atoms with Gasteiger partial charge in [-0.05, 0) is 31.0 Å². The molecule has 4 unspecified atom stereocenters. The van der Waals surface area contributed by atoms with Gasteiger partial charge in [-0.25, -0.2) is 4.79 Å². The quantitative estimate of drug-likeness (QED) is 0.148. The first-order valence-corrected chi connectivity index (χ1v) is 10.0. The molecular weight excluding hydrogens is 438 g/mol. The summed E-state index contributed by atoms with van der Waals surface area (Å²) in [5.74, 6) is -4.56. The molecular formula is C20H29N5O8. The first kappa shape index (κ1) is 27.3. The number of hydrogen-bond acceptors (Lipinski definition) is 8. The SMILES string of the molecule is CC(NC(=O)C(N)CO)C(=O)NC(CCC(N)=O)C(=O)NC(Cc1ccc(O)cc1)C(=O)O. The van der Waals surface area contributed by atoms with Gasteiger partial charge in [0.05, 0.1) is 6.61 Å². The second-order valence-electron chi connectivity index (χ2n) is 7.36. The van der Waals surface area contributed by atoms with Gasteiger partial charge >= 0.3 is 5.97 Å². The van der Waals surface area contributed by atoms with Crippen molar-refractivity contribution < 1.29 is 39.3 Å². The molecule has 0 bridgehead atoms. The number of carbonyl (C=O) groups is 5. The van der Waals surface area contributed by atoms with E-state index >= 15 is 0 Å². The fraction of sp³-hybridized carbons (Fsp3) is 0.450. The maximum absolute atomic E-state index is 12.7. The number of nitrogens with one attached hydrogen (secondary N) is 3. The van der Waals surface area contributed by atoms with Crippen molar-refractivity contribution in [2.45, 2.75) is 50.4 Å². The van der Waals surface area contributed by atoms with E-state index in [4.69, 9.17) is 16.6 Å². The van der Waals surface area contributed by atoms with Crippen LogP contribution in [0.5, 0.6) is 5.75 Å². The van der Waals surface area contributed by atoms with Crippen LogP contribution in [0.4, 0.5) is 0 Å². The minimum atomic E-state index is -1.37. The van der Waals surface area contributed by atoms with Crippen LogP contribution in [0.1, 0.15) is 25.3 Å². The molecule has 182 valence electrons. The summed E-state index contributed by atoms with van der Waals surface area (Å²) < 4.78 is 0. The molecule has 0 aromatic heterocycles. The molecule has 0 aliphatic carbocycles. The molecule has 1 rings (SSSR count). The van der Waals surface area contributed by atoms with Crippen LogP contribution in [0.2, 0.25) is 0 Å². The predicted octanol–water partition coefficient (Wildman–Crippen LogP) is -2.92. The van der Waals surface area contributed by atoms with Crippen LogP contribution in [0.25, 0.3) is 0 Å². The Kier molecular flexibility index (Phi) is 10.7. The van der Waals surface area contributed by atoms with Crippen molar-refractivity contribution in [2.24, 2.45) is 11.5 Å². The number of phenols is 1. The van der Waals surface area contributed by atoms with E-state index in [-0.39, 0.29) is 25.0 Å². The normalized spacial score (nSPS) is 14.3. The molecule has 0 aliphatic rings. The molecule has 10 N–H and O–H groups in total. The summed E-state index contributed by atoms with van der Waals surface area (Å²) >= 11 is 0. The Morgan fingerprint density at radius 3 is 2.03 bits per heavy atom. The van der Waals surface area contributed by atoms with E-state index in [1.54, 1.807) is 0 Å². The number of carboxylic acids is 1. The highest BCUT2D eigenvalue weighted by atomic mass is 16.4. The zero-order chi connectivity index (χ0) is 25.1. The molecule has 4 atom stereocenters. The van der Waals surface area contributed by atoms with Crippen molar-refractivity contribution in [3.05, 3.63) is 29.8 Å². The van der Waals surface area contributed by atoms with E-state index in [1.165, 1.54) is 31.2 Å². The van der Waals surface area contributed by atoms with Gasteiger partial charge in [-0.1, -0.05) is 12.1 Å². The Morgan fingerprint density at radius 1 is 0.939 bits per heavy atom. The van der Waals surface area contributed by atoms with Crippen LogP contribution >= 0.6 is 0 Å². The number of nitrogens with two attached hydrogens (primary N) is 2. The monoisotopic (exact) mass is 467 g/mol. The summed E-state index contributed by atoms with van der Waals surface area (Å²) in [4.78, 5) is 59.7. The molecule has 0 aliphatic heterocycles. The molecule has 0 radical (unpaired) electrons. The Morgan fingerprint density at radius 2 is 1.52 bits per heavy atom. The number of benzene rings is 1. The van der Waals surface area contributed by atoms with E-state index in [0.29, 0.717) is 5.56 Å².